The van der Waals surface area contributed by atoms with E-state index in [1.165, 1.54) is 12.1 Å². The van der Waals surface area contributed by atoms with Gasteiger partial charge >= 0.3 is 14.7 Å². The zero-order valence-electron chi connectivity index (χ0n) is 13.5. The van der Waals surface area contributed by atoms with Gasteiger partial charge in [0.15, 0.2) is 0 Å². The van der Waals surface area contributed by atoms with Crippen LogP contribution in [-0.2, 0) is 21.4 Å². The van der Waals surface area contributed by atoms with Crippen molar-refractivity contribution in [3.8, 4) is 0 Å². The second-order valence-electron chi connectivity index (χ2n) is 5.41. The Bertz CT molecular complexity index is 443. The first-order valence-electron chi connectivity index (χ1n) is 7.75. The summed E-state index contributed by atoms with van der Waals surface area (Å²) in [6, 6.07) is 6.43. The maximum atomic E-state index is 12.7. The highest BCUT2D eigenvalue weighted by Crippen LogP contribution is 2.30. The third-order valence-corrected chi connectivity index (χ3v) is 6.56. The van der Waals surface area contributed by atoms with Crippen molar-refractivity contribution in [2.24, 2.45) is 0 Å². The Morgan fingerprint density at radius 2 is 1.68 bits per heavy atom. The molecule has 0 fully saturated rings. The van der Waals surface area contributed by atoms with Crippen LogP contribution in [-0.4, -0.2) is 21.8 Å². The van der Waals surface area contributed by atoms with Gasteiger partial charge in [-0.25, -0.2) is 0 Å². The number of hydrogen-bond acceptors (Lipinski definition) is 2. The maximum Gasteiger partial charge on any atom is 0.416 e. The number of aryl methyl sites for hydroxylation is 1. The van der Waals surface area contributed by atoms with E-state index in [1.54, 1.807) is 6.07 Å². The molecule has 0 aromatic heterocycles. The third kappa shape index (κ3) is 6.50. The fourth-order valence-corrected chi connectivity index (χ4v) is 4.96. The highest BCUT2D eigenvalue weighted by atomic mass is 28.4. The summed E-state index contributed by atoms with van der Waals surface area (Å²) in [5, 5.41) is 0. The fraction of sp³-hybridized carbons (Fsp3) is 0.625. The van der Waals surface area contributed by atoms with Gasteiger partial charge < -0.3 is 8.85 Å². The van der Waals surface area contributed by atoms with Crippen LogP contribution in [0.4, 0.5) is 13.2 Å². The summed E-state index contributed by atoms with van der Waals surface area (Å²) in [5.41, 5.74) is 0.152. The standard InChI is InChI=1S/C16H25F3O2Si/c1-4-20-22(3,21-5-2)12-7-6-9-14-10-8-11-15(13-14)16(17,18)19/h8,10-11,13H,4-7,9,12H2,1-3H3. The van der Waals surface area contributed by atoms with Gasteiger partial charge in [-0.05, 0) is 50.9 Å². The molecule has 1 aromatic rings. The van der Waals surface area contributed by atoms with Crippen LogP contribution in [0.5, 0.6) is 0 Å². The van der Waals surface area contributed by atoms with E-state index in [0.29, 0.717) is 19.6 Å². The van der Waals surface area contributed by atoms with E-state index in [9.17, 15) is 13.2 Å². The van der Waals surface area contributed by atoms with Gasteiger partial charge in [-0.3, -0.25) is 0 Å². The van der Waals surface area contributed by atoms with E-state index in [1.807, 2.05) is 20.4 Å². The Morgan fingerprint density at radius 3 is 2.23 bits per heavy atom. The van der Waals surface area contributed by atoms with E-state index in [2.05, 4.69) is 0 Å². The number of rotatable bonds is 9. The van der Waals surface area contributed by atoms with Crippen LogP contribution in [0.1, 0.15) is 37.8 Å². The van der Waals surface area contributed by atoms with Crippen molar-refractivity contribution < 1.29 is 22.0 Å². The molecule has 0 aliphatic rings. The Kier molecular flexibility index (Phi) is 7.59. The number of hydrogen-bond donors (Lipinski definition) is 0. The Balaban J connectivity index is 2.47. The first-order valence-corrected chi connectivity index (χ1v) is 10.3. The lowest BCUT2D eigenvalue weighted by Crippen LogP contribution is -2.38. The smallest absolute Gasteiger partial charge is 0.395 e. The molecule has 0 saturated heterocycles. The van der Waals surface area contributed by atoms with Crippen molar-refractivity contribution in [3.63, 3.8) is 0 Å². The largest absolute Gasteiger partial charge is 0.416 e. The van der Waals surface area contributed by atoms with Crippen molar-refractivity contribution in [3.05, 3.63) is 35.4 Å². The van der Waals surface area contributed by atoms with Gasteiger partial charge in [-0.15, -0.1) is 0 Å². The highest BCUT2D eigenvalue weighted by Gasteiger charge is 2.31. The average Bonchev–Trinajstić information content (AvgIpc) is 2.44. The molecule has 0 unspecified atom stereocenters. The molecule has 0 bridgehead atoms. The van der Waals surface area contributed by atoms with Crippen LogP contribution in [0.25, 0.3) is 0 Å². The molecule has 0 aliphatic heterocycles. The van der Waals surface area contributed by atoms with Gasteiger partial charge in [0.25, 0.3) is 0 Å². The normalized spacial score (nSPS) is 12.6. The zero-order valence-corrected chi connectivity index (χ0v) is 14.5. The summed E-state index contributed by atoms with van der Waals surface area (Å²) in [5.74, 6) is 0. The van der Waals surface area contributed by atoms with E-state index < -0.39 is 20.3 Å². The number of benzene rings is 1. The van der Waals surface area contributed by atoms with Gasteiger partial charge in [0.05, 0.1) is 5.56 Å². The lowest BCUT2D eigenvalue weighted by Gasteiger charge is -2.25. The van der Waals surface area contributed by atoms with Gasteiger partial charge in [0.1, 0.15) is 0 Å². The molecule has 0 aliphatic carbocycles. The third-order valence-electron chi connectivity index (χ3n) is 3.50. The summed E-state index contributed by atoms with van der Waals surface area (Å²) >= 11 is 0. The molecule has 1 aromatic carbocycles. The molecule has 0 atom stereocenters. The van der Waals surface area contributed by atoms with Gasteiger partial charge in [0.2, 0.25) is 0 Å². The minimum absolute atomic E-state index is 0.576. The summed E-state index contributed by atoms with van der Waals surface area (Å²) in [7, 11) is -2.11. The van der Waals surface area contributed by atoms with Crippen LogP contribution in [0.15, 0.2) is 24.3 Å². The molecule has 0 N–H and O–H groups in total. The van der Waals surface area contributed by atoms with Crippen LogP contribution >= 0.6 is 0 Å². The van der Waals surface area contributed by atoms with Crippen molar-refractivity contribution in [2.45, 2.75) is 51.9 Å². The molecule has 0 spiro atoms. The Labute approximate surface area is 131 Å². The first kappa shape index (κ1) is 19.2. The average molecular weight is 334 g/mol. The molecule has 0 saturated carbocycles. The highest BCUT2D eigenvalue weighted by molar-refractivity contribution is 6.66. The van der Waals surface area contributed by atoms with E-state index in [-0.39, 0.29) is 0 Å². The van der Waals surface area contributed by atoms with Crippen molar-refractivity contribution in [1.29, 1.82) is 0 Å². The number of halogens is 3. The molecule has 6 heteroatoms. The maximum absolute atomic E-state index is 12.7. The molecule has 126 valence electrons. The summed E-state index contributed by atoms with van der Waals surface area (Å²) in [4.78, 5) is 0. The van der Waals surface area contributed by atoms with Gasteiger partial charge in [0, 0.05) is 13.2 Å². The van der Waals surface area contributed by atoms with Gasteiger partial charge in [-0.2, -0.15) is 13.2 Å². The minimum atomic E-state index is -4.27. The lowest BCUT2D eigenvalue weighted by atomic mass is 10.1. The minimum Gasteiger partial charge on any atom is -0.395 e. The van der Waals surface area contributed by atoms with Crippen LogP contribution < -0.4 is 0 Å². The number of alkyl halides is 3. The summed E-state index contributed by atoms with van der Waals surface area (Å²) in [6.07, 6.45) is -1.89. The van der Waals surface area contributed by atoms with E-state index in [0.717, 1.165) is 30.5 Å². The zero-order chi connectivity index (χ0) is 16.6. The second kappa shape index (κ2) is 8.69. The molecular weight excluding hydrogens is 309 g/mol. The Morgan fingerprint density at radius 1 is 1.05 bits per heavy atom. The summed E-state index contributed by atoms with van der Waals surface area (Å²) in [6.45, 7) is 7.22. The SMILES string of the molecule is CCO[Si](C)(CCCCc1cccc(C(F)(F)F)c1)OCC. The van der Waals surface area contributed by atoms with E-state index >= 15 is 0 Å². The molecule has 0 heterocycles. The van der Waals surface area contributed by atoms with Crippen molar-refractivity contribution in [2.75, 3.05) is 13.2 Å². The molecule has 0 amide bonds. The topological polar surface area (TPSA) is 18.5 Å². The van der Waals surface area contributed by atoms with Crippen LogP contribution in [0, 0.1) is 0 Å². The molecule has 0 radical (unpaired) electrons. The summed E-state index contributed by atoms with van der Waals surface area (Å²) < 4.78 is 49.5. The molecule has 1 rings (SSSR count). The first-order chi connectivity index (χ1) is 10.3. The lowest BCUT2D eigenvalue weighted by molar-refractivity contribution is -0.137. The second-order valence-corrected chi connectivity index (χ2v) is 8.75. The predicted molar refractivity (Wildman–Crippen MR) is 84.1 cm³/mol. The molecular formula is C16H25F3O2Si. The monoisotopic (exact) mass is 334 g/mol. The molecule has 22 heavy (non-hydrogen) atoms. The van der Waals surface area contributed by atoms with Crippen LogP contribution in [0.3, 0.4) is 0 Å². The van der Waals surface area contributed by atoms with Gasteiger partial charge in [-0.1, -0.05) is 24.6 Å². The van der Waals surface area contributed by atoms with Crippen LogP contribution in [0.2, 0.25) is 12.6 Å². The predicted octanol–water partition coefficient (Wildman–Crippen LogP) is 5.17. The van der Waals surface area contributed by atoms with E-state index in [4.69, 9.17) is 8.85 Å². The number of unbranched alkanes of at least 4 members (excludes halogenated alkanes) is 1. The van der Waals surface area contributed by atoms with Crippen molar-refractivity contribution >= 4 is 8.56 Å². The molecule has 2 nitrogen and oxygen atoms in total. The quantitative estimate of drug-likeness (QED) is 0.458. The fourth-order valence-electron chi connectivity index (χ4n) is 2.48. The van der Waals surface area contributed by atoms with Crippen molar-refractivity contribution in [1.82, 2.24) is 0 Å². The Hall–Kier alpha value is -0.853.